The second-order valence-electron chi connectivity index (χ2n) is 8.19. The number of rotatable bonds is 8. The van der Waals surface area contributed by atoms with E-state index in [1.165, 1.54) is 12.3 Å². The van der Waals surface area contributed by atoms with Crippen LogP contribution in [0.15, 0.2) is 60.8 Å². The smallest absolute Gasteiger partial charge is 0.205 e. The normalized spacial score (nSPS) is 17.1. The third-order valence-electron chi connectivity index (χ3n) is 6.11. The van der Waals surface area contributed by atoms with E-state index >= 15 is 4.39 Å². The van der Waals surface area contributed by atoms with Gasteiger partial charge in [0.15, 0.2) is 0 Å². The Morgan fingerprint density at radius 2 is 1.94 bits per heavy atom. The Hall–Kier alpha value is -3.22. The van der Waals surface area contributed by atoms with Crippen LogP contribution in [0.1, 0.15) is 23.3 Å². The molecular weight excluding hydrogens is 471 g/mol. The van der Waals surface area contributed by atoms with Gasteiger partial charge in [-0.3, -0.25) is 9.88 Å². The highest BCUT2D eigenvalue weighted by atomic mass is 35.5. The van der Waals surface area contributed by atoms with Crippen molar-refractivity contribution in [1.29, 1.82) is 0 Å². The number of hydrogen-bond donors (Lipinski definition) is 2. The van der Waals surface area contributed by atoms with Gasteiger partial charge in [-0.1, -0.05) is 29.8 Å². The Kier molecular flexibility index (Phi) is 8.16. The van der Waals surface area contributed by atoms with E-state index in [1.807, 2.05) is 29.2 Å². The van der Waals surface area contributed by atoms with Gasteiger partial charge in [0.1, 0.15) is 18.2 Å². The Labute approximate surface area is 208 Å². The molecule has 2 heterocycles. The number of anilines is 1. The van der Waals surface area contributed by atoms with Crippen molar-refractivity contribution in [3.05, 3.63) is 94.3 Å². The summed E-state index contributed by atoms with van der Waals surface area (Å²) < 4.78 is 20.5. The Bertz CT molecular complexity index is 1170. The molecule has 0 unspecified atom stereocenters. The van der Waals surface area contributed by atoms with Crippen LogP contribution in [0.5, 0.6) is 5.75 Å². The summed E-state index contributed by atoms with van der Waals surface area (Å²) in [6.45, 7) is 8.54. The van der Waals surface area contributed by atoms with Crippen molar-refractivity contribution >= 4 is 23.0 Å². The van der Waals surface area contributed by atoms with Crippen LogP contribution in [0.3, 0.4) is 0 Å². The van der Waals surface area contributed by atoms with Crippen molar-refractivity contribution in [3.8, 4) is 5.75 Å². The highest BCUT2D eigenvalue weighted by Gasteiger charge is 2.34. The number of pyridine rings is 1. The van der Waals surface area contributed by atoms with Crippen LogP contribution in [0.4, 0.5) is 15.8 Å². The molecule has 0 bridgehead atoms. The van der Waals surface area contributed by atoms with Gasteiger partial charge < -0.3 is 19.8 Å². The number of halogens is 2. The molecule has 2 aromatic carbocycles. The van der Waals surface area contributed by atoms with Gasteiger partial charge in [-0.2, -0.15) is 0 Å². The van der Waals surface area contributed by atoms with Crippen molar-refractivity contribution in [2.24, 2.45) is 0 Å². The molecule has 0 radical (unpaired) electrons. The number of aliphatic hydroxyl groups is 2. The van der Waals surface area contributed by atoms with Gasteiger partial charge in [-0.15, -0.1) is 0 Å². The lowest BCUT2D eigenvalue weighted by molar-refractivity contribution is 0.100. The highest BCUT2D eigenvalue weighted by Crippen LogP contribution is 2.36. The van der Waals surface area contributed by atoms with Crippen LogP contribution in [0.25, 0.3) is 4.85 Å². The molecule has 1 aliphatic rings. The first kappa shape index (κ1) is 24.9. The summed E-state index contributed by atoms with van der Waals surface area (Å²) in [5, 5.41) is 19.8. The number of aromatic nitrogens is 1. The van der Waals surface area contributed by atoms with Gasteiger partial charge in [0.05, 0.1) is 43.3 Å². The number of nitrogens with zero attached hydrogens (tertiary/aromatic N) is 4. The summed E-state index contributed by atoms with van der Waals surface area (Å²) in [7, 11) is 0. The van der Waals surface area contributed by atoms with Crippen LogP contribution in [0, 0.1) is 12.4 Å². The van der Waals surface area contributed by atoms with E-state index in [9.17, 15) is 5.11 Å². The van der Waals surface area contributed by atoms with E-state index in [4.69, 9.17) is 28.0 Å². The van der Waals surface area contributed by atoms with Crippen LogP contribution >= 0.6 is 11.6 Å². The number of piperazine rings is 1. The van der Waals surface area contributed by atoms with Crippen molar-refractivity contribution in [1.82, 2.24) is 9.88 Å². The fraction of sp³-hybridized carbons (Fsp3) is 0.308. The molecule has 2 atom stereocenters. The van der Waals surface area contributed by atoms with Gasteiger partial charge >= 0.3 is 0 Å². The van der Waals surface area contributed by atoms with Crippen molar-refractivity contribution < 1.29 is 19.3 Å². The Balaban J connectivity index is 1.64. The summed E-state index contributed by atoms with van der Waals surface area (Å²) in [4.78, 5) is 11.9. The van der Waals surface area contributed by atoms with E-state index in [0.717, 1.165) is 5.56 Å². The topological polar surface area (TPSA) is 73.4 Å². The monoisotopic (exact) mass is 496 g/mol. The molecule has 1 saturated heterocycles. The molecule has 2 N–H and O–H groups in total. The molecule has 0 amide bonds. The zero-order chi connectivity index (χ0) is 24.8. The third-order valence-corrected chi connectivity index (χ3v) is 6.36. The molecule has 182 valence electrons. The minimum atomic E-state index is -0.414. The molecule has 1 aromatic heterocycles. The van der Waals surface area contributed by atoms with E-state index < -0.39 is 5.82 Å². The molecule has 9 heteroatoms. The third kappa shape index (κ3) is 5.72. The van der Waals surface area contributed by atoms with Gasteiger partial charge in [-0.25, -0.2) is 9.24 Å². The lowest BCUT2D eigenvalue weighted by atomic mass is 9.99. The number of benzene rings is 2. The quantitative estimate of drug-likeness (QED) is 0.450. The zero-order valence-corrected chi connectivity index (χ0v) is 19.8. The second kappa shape index (κ2) is 11.5. The minimum absolute atomic E-state index is 0.0955. The lowest BCUT2D eigenvalue weighted by Crippen LogP contribution is -2.50. The standard InChI is InChI=1S/C26H26ClFN4O3/c1-29-20-6-8-23(30-15-20)26(17-34)31-10-11-32(25(16-31)18-2-4-19(27)5-3-18)24-9-7-21(14-22(24)28)35-13-12-33/h2-9,14-15,25-26,33-34H,10-13,16-17H2/t25-,26-/m0/s1. The first-order valence-corrected chi connectivity index (χ1v) is 11.7. The number of hydrogen-bond acceptors (Lipinski definition) is 6. The highest BCUT2D eigenvalue weighted by molar-refractivity contribution is 6.30. The van der Waals surface area contributed by atoms with E-state index in [1.54, 1.807) is 24.3 Å². The van der Waals surface area contributed by atoms with E-state index in [-0.39, 0.29) is 31.9 Å². The van der Waals surface area contributed by atoms with Crippen molar-refractivity contribution in [2.45, 2.75) is 12.1 Å². The molecule has 35 heavy (non-hydrogen) atoms. The second-order valence-corrected chi connectivity index (χ2v) is 8.63. The zero-order valence-electron chi connectivity index (χ0n) is 19.0. The van der Waals surface area contributed by atoms with Crippen LogP contribution in [0.2, 0.25) is 5.02 Å². The summed E-state index contributed by atoms with van der Waals surface area (Å²) >= 11 is 6.12. The molecule has 1 aliphatic heterocycles. The molecule has 3 aromatic rings. The van der Waals surface area contributed by atoms with E-state index in [2.05, 4.69) is 14.7 Å². The maximum absolute atomic E-state index is 15.2. The van der Waals surface area contributed by atoms with Gasteiger partial charge in [0.25, 0.3) is 0 Å². The van der Waals surface area contributed by atoms with Crippen molar-refractivity contribution in [2.75, 3.05) is 44.4 Å². The Morgan fingerprint density at radius 3 is 2.57 bits per heavy atom. The fourth-order valence-electron chi connectivity index (χ4n) is 4.38. The van der Waals surface area contributed by atoms with Crippen LogP contribution in [-0.4, -0.2) is 59.6 Å². The summed E-state index contributed by atoms with van der Waals surface area (Å²) in [5.74, 6) is -0.0563. The van der Waals surface area contributed by atoms with Gasteiger partial charge in [-0.05, 0) is 35.9 Å². The molecule has 0 spiro atoms. The molecule has 4 rings (SSSR count). The Morgan fingerprint density at radius 1 is 1.14 bits per heavy atom. The first-order chi connectivity index (χ1) is 17.0. The maximum atomic E-state index is 15.2. The molecule has 0 saturated carbocycles. The predicted molar refractivity (Wildman–Crippen MR) is 132 cm³/mol. The van der Waals surface area contributed by atoms with Gasteiger partial charge in [0.2, 0.25) is 5.69 Å². The SMILES string of the molecule is [C-]#[N+]c1ccc([C@H](CO)N2CCN(c3ccc(OCCO)cc3F)[C@H](c3ccc(Cl)cc3)C2)nc1. The minimum Gasteiger partial charge on any atom is -0.491 e. The number of aliphatic hydroxyl groups excluding tert-OH is 2. The average Bonchev–Trinajstić information content (AvgIpc) is 2.89. The lowest BCUT2D eigenvalue weighted by Gasteiger charge is -2.45. The molecule has 7 nitrogen and oxygen atoms in total. The predicted octanol–water partition coefficient (Wildman–Crippen LogP) is 4.39. The van der Waals surface area contributed by atoms with Crippen LogP contribution < -0.4 is 9.64 Å². The summed E-state index contributed by atoms with van der Waals surface area (Å²) in [6.07, 6.45) is 1.51. The molecule has 1 fully saturated rings. The number of ether oxygens (including phenoxy) is 1. The molecule has 0 aliphatic carbocycles. The fourth-order valence-corrected chi connectivity index (χ4v) is 4.50. The first-order valence-electron chi connectivity index (χ1n) is 11.3. The van der Waals surface area contributed by atoms with E-state index in [0.29, 0.717) is 47.5 Å². The molecular formula is C26H26ClFN4O3. The van der Waals surface area contributed by atoms with Crippen molar-refractivity contribution in [3.63, 3.8) is 0 Å². The maximum Gasteiger partial charge on any atom is 0.205 e. The van der Waals surface area contributed by atoms with Gasteiger partial charge in [0, 0.05) is 36.9 Å². The largest absolute Gasteiger partial charge is 0.491 e. The van der Waals surface area contributed by atoms with Crippen LogP contribution in [-0.2, 0) is 0 Å². The summed E-state index contributed by atoms with van der Waals surface area (Å²) in [5.41, 5.74) is 2.53. The average molecular weight is 497 g/mol. The summed E-state index contributed by atoms with van der Waals surface area (Å²) in [6, 6.07) is 15.1.